The lowest BCUT2D eigenvalue weighted by atomic mass is 10.2. The van der Waals surface area contributed by atoms with Crippen LogP contribution in [0, 0.1) is 5.92 Å². The minimum absolute atomic E-state index is 0.00507. The number of amides is 4. The molecule has 1 fully saturated rings. The number of benzene rings is 1. The lowest BCUT2D eigenvalue weighted by Crippen LogP contribution is -2.35. The molecule has 0 aliphatic carbocycles. The summed E-state index contributed by atoms with van der Waals surface area (Å²) in [5, 5.41) is 0.718. The highest BCUT2D eigenvalue weighted by molar-refractivity contribution is 6.44. The summed E-state index contributed by atoms with van der Waals surface area (Å²) >= 11 is 11.7. The Labute approximate surface area is 132 Å². The first-order chi connectivity index (χ1) is 9.81. The van der Waals surface area contributed by atoms with Gasteiger partial charge in [-0.2, -0.15) is 0 Å². The summed E-state index contributed by atoms with van der Waals surface area (Å²) in [7, 11) is 0. The van der Waals surface area contributed by atoms with Gasteiger partial charge in [0.2, 0.25) is 0 Å². The number of halogens is 2. The van der Waals surface area contributed by atoms with Crippen molar-refractivity contribution in [1.82, 2.24) is 9.80 Å². The monoisotopic (exact) mass is 328 g/mol. The molecule has 2 rings (SSSR count). The molecule has 1 saturated heterocycles. The molecule has 7 heteroatoms. The second-order valence-electron chi connectivity index (χ2n) is 5.23. The van der Waals surface area contributed by atoms with E-state index < -0.39 is 17.8 Å². The number of rotatable bonds is 4. The summed E-state index contributed by atoms with van der Waals surface area (Å²) < 4.78 is 0. The van der Waals surface area contributed by atoms with Crippen LogP contribution in [0.15, 0.2) is 18.2 Å². The molecular formula is C14H14Cl2N2O3. The zero-order chi connectivity index (χ0) is 15.7. The Balaban J connectivity index is 2.20. The van der Waals surface area contributed by atoms with Crippen molar-refractivity contribution in [2.45, 2.75) is 20.4 Å². The van der Waals surface area contributed by atoms with Crippen LogP contribution in [0.2, 0.25) is 10.0 Å². The zero-order valence-corrected chi connectivity index (χ0v) is 13.1. The molecule has 5 nitrogen and oxygen atoms in total. The molecule has 1 aliphatic rings. The normalized spacial score (nSPS) is 15.6. The maximum Gasteiger partial charge on any atom is 0.334 e. The highest BCUT2D eigenvalue weighted by Crippen LogP contribution is 2.24. The van der Waals surface area contributed by atoms with Crippen molar-refractivity contribution < 1.29 is 14.4 Å². The third-order valence-corrected chi connectivity index (χ3v) is 3.75. The van der Waals surface area contributed by atoms with E-state index in [2.05, 4.69) is 0 Å². The molecule has 1 aliphatic heterocycles. The lowest BCUT2D eigenvalue weighted by Gasteiger charge is -2.17. The Morgan fingerprint density at radius 3 is 2.19 bits per heavy atom. The Bertz CT molecular complexity index is 616. The number of hydrogen-bond acceptors (Lipinski definition) is 3. The number of carbonyl (C=O) groups is 3. The highest BCUT2D eigenvalue weighted by atomic mass is 35.5. The fraction of sp³-hybridized carbons (Fsp3) is 0.357. The van der Waals surface area contributed by atoms with Crippen LogP contribution in [0.5, 0.6) is 0 Å². The van der Waals surface area contributed by atoms with Crippen LogP contribution in [-0.4, -0.2) is 34.2 Å². The van der Waals surface area contributed by atoms with E-state index in [1.54, 1.807) is 18.2 Å². The van der Waals surface area contributed by atoms with Gasteiger partial charge in [0.05, 0.1) is 16.6 Å². The Morgan fingerprint density at radius 2 is 1.62 bits per heavy atom. The summed E-state index contributed by atoms with van der Waals surface area (Å²) in [5.74, 6) is -1.50. The molecule has 0 unspecified atom stereocenters. The van der Waals surface area contributed by atoms with Crippen molar-refractivity contribution in [1.29, 1.82) is 0 Å². The van der Waals surface area contributed by atoms with Gasteiger partial charge in [0, 0.05) is 6.54 Å². The van der Waals surface area contributed by atoms with E-state index in [4.69, 9.17) is 23.2 Å². The van der Waals surface area contributed by atoms with Gasteiger partial charge in [-0.3, -0.25) is 19.4 Å². The lowest BCUT2D eigenvalue weighted by molar-refractivity contribution is -0.143. The first-order valence-electron chi connectivity index (χ1n) is 6.42. The fourth-order valence-electron chi connectivity index (χ4n) is 2.04. The van der Waals surface area contributed by atoms with Gasteiger partial charge >= 0.3 is 17.8 Å². The van der Waals surface area contributed by atoms with Crippen LogP contribution in [0.25, 0.3) is 0 Å². The second-order valence-corrected chi connectivity index (χ2v) is 6.05. The van der Waals surface area contributed by atoms with Crippen LogP contribution in [-0.2, 0) is 16.1 Å². The van der Waals surface area contributed by atoms with Crippen LogP contribution >= 0.6 is 23.2 Å². The standard InChI is InChI=1S/C14H14Cl2N2O3/c1-8(2)6-17-12(19)13(20)18(14(17)21)7-9-3-4-10(15)11(16)5-9/h3-5,8H,6-7H2,1-2H3. The van der Waals surface area contributed by atoms with Crippen LogP contribution < -0.4 is 0 Å². The first-order valence-corrected chi connectivity index (χ1v) is 7.18. The van der Waals surface area contributed by atoms with Crippen molar-refractivity contribution in [2.24, 2.45) is 5.92 Å². The molecule has 0 aromatic heterocycles. The van der Waals surface area contributed by atoms with Crippen LogP contribution in [0.3, 0.4) is 0 Å². The summed E-state index contributed by atoms with van der Waals surface area (Å²) in [5.41, 5.74) is 0.630. The predicted molar refractivity (Wildman–Crippen MR) is 79.0 cm³/mol. The SMILES string of the molecule is CC(C)CN1C(=O)C(=O)N(Cc2ccc(Cl)c(Cl)c2)C1=O. The zero-order valence-electron chi connectivity index (χ0n) is 11.6. The number of nitrogens with zero attached hydrogens (tertiary/aromatic N) is 2. The van der Waals surface area contributed by atoms with Crippen LogP contribution in [0.1, 0.15) is 19.4 Å². The van der Waals surface area contributed by atoms with E-state index in [9.17, 15) is 14.4 Å². The van der Waals surface area contributed by atoms with E-state index in [1.165, 1.54) is 0 Å². The minimum Gasteiger partial charge on any atom is -0.263 e. The maximum atomic E-state index is 12.2. The molecule has 112 valence electrons. The van der Waals surface area contributed by atoms with E-state index in [0.29, 0.717) is 15.6 Å². The molecule has 1 heterocycles. The predicted octanol–water partition coefficient (Wildman–Crippen LogP) is 2.94. The molecular weight excluding hydrogens is 315 g/mol. The maximum absolute atomic E-state index is 12.2. The minimum atomic E-state index is -0.813. The van der Waals surface area contributed by atoms with Gasteiger partial charge in [0.15, 0.2) is 0 Å². The molecule has 0 radical (unpaired) electrons. The van der Waals surface area contributed by atoms with Crippen molar-refractivity contribution >= 4 is 41.0 Å². The van der Waals surface area contributed by atoms with Crippen molar-refractivity contribution in [3.05, 3.63) is 33.8 Å². The van der Waals surface area contributed by atoms with E-state index in [1.807, 2.05) is 13.8 Å². The average molecular weight is 329 g/mol. The summed E-state index contributed by atoms with van der Waals surface area (Å²) in [6.45, 7) is 3.95. The smallest absolute Gasteiger partial charge is 0.263 e. The Kier molecular flexibility index (Phi) is 4.54. The number of urea groups is 1. The molecule has 0 spiro atoms. The first kappa shape index (κ1) is 15.8. The third-order valence-electron chi connectivity index (χ3n) is 3.01. The van der Waals surface area contributed by atoms with Gasteiger partial charge in [-0.05, 0) is 23.6 Å². The summed E-state index contributed by atoms with van der Waals surface area (Å²) in [6, 6.07) is 4.22. The van der Waals surface area contributed by atoms with Crippen molar-refractivity contribution in [3.8, 4) is 0 Å². The fourth-order valence-corrected chi connectivity index (χ4v) is 2.36. The molecule has 1 aromatic carbocycles. The van der Waals surface area contributed by atoms with Gasteiger partial charge in [-0.15, -0.1) is 0 Å². The molecule has 0 bridgehead atoms. The second kappa shape index (κ2) is 6.03. The molecule has 0 saturated carbocycles. The molecule has 0 atom stereocenters. The average Bonchev–Trinajstić information content (AvgIpc) is 2.60. The largest absolute Gasteiger partial charge is 0.334 e. The number of imide groups is 2. The number of carbonyl (C=O) groups excluding carboxylic acids is 3. The molecule has 21 heavy (non-hydrogen) atoms. The van der Waals surface area contributed by atoms with E-state index >= 15 is 0 Å². The van der Waals surface area contributed by atoms with E-state index in [0.717, 1.165) is 9.80 Å². The molecule has 4 amide bonds. The van der Waals surface area contributed by atoms with Gasteiger partial charge in [0.25, 0.3) is 0 Å². The Morgan fingerprint density at radius 1 is 1.00 bits per heavy atom. The van der Waals surface area contributed by atoms with Gasteiger partial charge in [0.1, 0.15) is 0 Å². The quantitative estimate of drug-likeness (QED) is 0.630. The van der Waals surface area contributed by atoms with Gasteiger partial charge < -0.3 is 0 Å². The molecule has 1 aromatic rings. The topological polar surface area (TPSA) is 57.7 Å². The Hall–Kier alpha value is -1.59. The summed E-state index contributed by atoms with van der Waals surface area (Å²) in [6.07, 6.45) is 0. The third kappa shape index (κ3) is 3.19. The van der Waals surface area contributed by atoms with Gasteiger partial charge in [-0.1, -0.05) is 43.1 Å². The molecule has 0 N–H and O–H groups in total. The van der Waals surface area contributed by atoms with E-state index in [-0.39, 0.29) is 19.0 Å². The summed E-state index contributed by atoms with van der Waals surface area (Å²) in [4.78, 5) is 37.8. The van der Waals surface area contributed by atoms with Crippen molar-refractivity contribution in [2.75, 3.05) is 6.54 Å². The highest BCUT2D eigenvalue weighted by Gasteiger charge is 2.44. The van der Waals surface area contributed by atoms with Gasteiger partial charge in [-0.25, -0.2) is 4.79 Å². The number of hydrogen-bond donors (Lipinski definition) is 0. The van der Waals surface area contributed by atoms with Crippen LogP contribution in [0.4, 0.5) is 4.79 Å². The van der Waals surface area contributed by atoms with Crippen molar-refractivity contribution in [3.63, 3.8) is 0 Å².